The third kappa shape index (κ3) is 1.27. The van der Waals surface area contributed by atoms with E-state index in [0.29, 0.717) is 6.61 Å². The highest BCUT2D eigenvalue weighted by atomic mass is 16.5. The van der Waals surface area contributed by atoms with Gasteiger partial charge < -0.3 is 14.9 Å². The molecule has 0 aromatic heterocycles. The number of hydrogen-bond acceptors (Lipinski definition) is 3. The molecule has 1 saturated heterocycles. The number of aliphatic hydroxyl groups excluding tert-OH is 1. The van der Waals surface area contributed by atoms with E-state index in [9.17, 15) is 4.79 Å². The molecule has 1 rings (SSSR count). The second-order valence-corrected chi connectivity index (χ2v) is 2.42. The van der Waals surface area contributed by atoms with E-state index < -0.39 is 11.9 Å². The second-order valence-electron chi connectivity index (χ2n) is 2.42. The van der Waals surface area contributed by atoms with Crippen molar-refractivity contribution >= 4 is 5.97 Å². The van der Waals surface area contributed by atoms with Crippen LogP contribution >= 0.6 is 0 Å². The molecule has 2 N–H and O–H groups in total. The number of rotatable bonds is 2. The Labute approximate surface area is 58.4 Å². The summed E-state index contributed by atoms with van der Waals surface area (Å²) in [6, 6.07) is 0. The van der Waals surface area contributed by atoms with E-state index in [0.717, 1.165) is 0 Å². The average Bonchev–Trinajstić information content (AvgIpc) is 2.33. The van der Waals surface area contributed by atoms with E-state index in [-0.39, 0.29) is 19.1 Å². The summed E-state index contributed by atoms with van der Waals surface area (Å²) in [4.78, 5) is 10.4. The molecule has 1 heterocycles. The zero-order valence-corrected chi connectivity index (χ0v) is 5.49. The van der Waals surface area contributed by atoms with Crippen molar-refractivity contribution in [1.82, 2.24) is 0 Å². The normalized spacial score (nSPS) is 32.5. The first-order valence-corrected chi connectivity index (χ1v) is 3.17. The van der Waals surface area contributed by atoms with Crippen LogP contribution in [0, 0.1) is 11.8 Å². The molecular formula is C6H10O4. The van der Waals surface area contributed by atoms with E-state index in [4.69, 9.17) is 14.9 Å². The summed E-state index contributed by atoms with van der Waals surface area (Å²) < 4.78 is 4.88. The molecule has 1 fully saturated rings. The van der Waals surface area contributed by atoms with Crippen molar-refractivity contribution in [2.45, 2.75) is 0 Å². The lowest BCUT2D eigenvalue weighted by atomic mass is 9.97. The monoisotopic (exact) mass is 146 g/mol. The van der Waals surface area contributed by atoms with Gasteiger partial charge in [-0.3, -0.25) is 4.79 Å². The molecule has 1 aliphatic heterocycles. The molecule has 10 heavy (non-hydrogen) atoms. The maximum atomic E-state index is 10.4. The van der Waals surface area contributed by atoms with Crippen LogP contribution in [0.3, 0.4) is 0 Å². The standard InChI is InChI=1S/C6H10O4/c7-1-4-2-10-3-5(4)6(8)9/h4-5,7H,1-3H2,(H,8,9)/t4-,5-/m1/s1. The summed E-state index contributed by atoms with van der Waals surface area (Å²) in [6.07, 6.45) is 0. The van der Waals surface area contributed by atoms with E-state index in [1.165, 1.54) is 0 Å². The van der Waals surface area contributed by atoms with Crippen LogP contribution in [-0.4, -0.2) is 36.0 Å². The Bertz CT molecular complexity index is 134. The smallest absolute Gasteiger partial charge is 0.309 e. The fourth-order valence-corrected chi connectivity index (χ4v) is 1.05. The number of carboxylic acid groups (broad SMARTS) is 1. The molecule has 0 aliphatic carbocycles. The van der Waals surface area contributed by atoms with Crippen LogP contribution < -0.4 is 0 Å². The summed E-state index contributed by atoms with van der Waals surface area (Å²) in [5, 5.41) is 17.2. The zero-order valence-electron chi connectivity index (χ0n) is 5.49. The molecule has 0 aromatic carbocycles. The van der Waals surface area contributed by atoms with Gasteiger partial charge in [0.25, 0.3) is 0 Å². The lowest BCUT2D eigenvalue weighted by molar-refractivity contribution is -0.143. The van der Waals surface area contributed by atoms with Crippen LogP contribution in [0.25, 0.3) is 0 Å². The zero-order chi connectivity index (χ0) is 7.56. The number of carbonyl (C=O) groups is 1. The van der Waals surface area contributed by atoms with Gasteiger partial charge in [-0.05, 0) is 0 Å². The molecule has 0 aromatic rings. The van der Waals surface area contributed by atoms with Crippen molar-refractivity contribution in [3.05, 3.63) is 0 Å². The number of aliphatic carboxylic acids is 1. The summed E-state index contributed by atoms with van der Waals surface area (Å²) in [7, 11) is 0. The van der Waals surface area contributed by atoms with Crippen LogP contribution in [0.2, 0.25) is 0 Å². The molecule has 2 atom stereocenters. The first-order valence-electron chi connectivity index (χ1n) is 3.17. The van der Waals surface area contributed by atoms with E-state index in [1.54, 1.807) is 0 Å². The van der Waals surface area contributed by atoms with Crippen LogP contribution in [0.4, 0.5) is 0 Å². The van der Waals surface area contributed by atoms with Gasteiger partial charge in [0, 0.05) is 12.5 Å². The van der Waals surface area contributed by atoms with Crippen LogP contribution in [0.15, 0.2) is 0 Å². The minimum Gasteiger partial charge on any atom is -0.481 e. The maximum Gasteiger partial charge on any atom is 0.309 e. The van der Waals surface area contributed by atoms with E-state index in [2.05, 4.69) is 0 Å². The SMILES string of the molecule is O=C(O)[C@@H]1COC[C@H]1CO. The van der Waals surface area contributed by atoms with Crippen LogP contribution in [0.5, 0.6) is 0 Å². The number of ether oxygens (including phenoxy) is 1. The van der Waals surface area contributed by atoms with Gasteiger partial charge in [-0.2, -0.15) is 0 Å². The Morgan fingerprint density at radius 3 is 2.70 bits per heavy atom. The predicted octanol–water partition coefficient (Wildman–Crippen LogP) is -0.674. The fourth-order valence-electron chi connectivity index (χ4n) is 1.05. The largest absolute Gasteiger partial charge is 0.481 e. The third-order valence-corrected chi connectivity index (χ3v) is 1.75. The lowest BCUT2D eigenvalue weighted by Gasteiger charge is -2.08. The molecule has 0 saturated carbocycles. The Morgan fingerprint density at radius 1 is 1.60 bits per heavy atom. The second kappa shape index (κ2) is 2.98. The Hall–Kier alpha value is -0.610. The molecular weight excluding hydrogens is 136 g/mol. The van der Waals surface area contributed by atoms with Gasteiger partial charge in [-0.1, -0.05) is 0 Å². The highest BCUT2D eigenvalue weighted by Gasteiger charge is 2.33. The summed E-state index contributed by atoms with van der Waals surface area (Å²) in [6.45, 7) is 0.505. The Kier molecular flexibility index (Phi) is 2.24. The first kappa shape index (κ1) is 7.50. The minimum atomic E-state index is -0.878. The molecule has 0 bridgehead atoms. The summed E-state index contributed by atoms with van der Waals surface area (Å²) >= 11 is 0. The maximum absolute atomic E-state index is 10.4. The highest BCUT2D eigenvalue weighted by Crippen LogP contribution is 2.19. The van der Waals surface area contributed by atoms with Crippen LogP contribution in [0.1, 0.15) is 0 Å². The quantitative estimate of drug-likeness (QED) is 0.542. The van der Waals surface area contributed by atoms with Gasteiger partial charge >= 0.3 is 5.97 Å². The molecule has 58 valence electrons. The van der Waals surface area contributed by atoms with Gasteiger partial charge in [-0.25, -0.2) is 0 Å². The van der Waals surface area contributed by atoms with Crippen molar-refractivity contribution in [2.75, 3.05) is 19.8 Å². The molecule has 0 amide bonds. The van der Waals surface area contributed by atoms with Gasteiger partial charge in [0.2, 0.25) is 0 Å². The van der Waals surface area contributed by atoms with Gasteiger partial charge in [0.05, 0.1) is 19.1 Å². The number of hydrogen-bond donors (Lipinski definition) is 2. The molecule has 1 aliphatic rings. The third-order valence-electron chi connectivity index (χ3n) is 1.75. The average molecular weight is 146 g/mol. The summed E-state index contributed by atoms with van der Waals surface area (Å²) in [5.41, 5.74) is 0. The lowest BCUT2D eigenvalue weighted by Crippen LogP contribution is -2.24. The molecule has 0 spiro atoms. The topological polar surface area (TPSA) is 66.8 Å². The Balaban J connectivity index is 2.50. The summed E-state index contributed by atoms with van der Waals surface area (Å²) in [5.74, 6) is -1.60. The minimum absolute atomic E-state index is 0.100. The van der Waals surface area contributed by atoms with E-state index >= 15 is 0 Å². The predicted molar refractivity (Wildman–Crippen MR) is 32.5 cm³/mol. The molecule has 0 radical (unpaired) electrons. The van der Waals surface area contributed by atoms with Gasteiger partial charge in [-0.15, -0.1) is 0 Å². The number of aliphatic hydroxyl groups is 1. The number of carboxylic acids is 1. The highest BCUT2D eigenvalue weighted by molar-refractivity contribution is 5.70. The fraction of sp³-hybridized carbons (Fsp3) is 0.833. The van der Waals surface area contributed by atoms with Crippen molar-refractivity contribution in [1.29, 1.82) is 0 Å². The molecule has 4 heteroatoms. The first-order chi connectivity index (χ1) is 4.75. The molecule has 0 unspecified atom stereocenters. The van der Waals surface area contributed by atoms with Gasteiger partial charge in [0.15, 0.2) is 0 Å². The molecule has 4 nitrogen and oxygen atoms in total. The van der Waals surface area contributed by atoms with Crippen molar-refractivity contribution in [3.63, 3.8) is 0 Å². The van der Waals surface area contributed by atoms with E-state index in [1.807, 2.05) is 0 Å². The van der Waals surface area contributed by atoms with Crippen molar-refractivity contribution < 1.29 is 19.7 Å². The van der Waals surface area contributed by atoms with Crippen molar-refractivity contribution in [3.8, 4) is 0 Å². The van der Waals surface area contributed by atoms with Gasteiger partial charge in [0.1, 0.15) is 0 Å². The van der Waals surface area contributed by atoms with Crippen LogP contribution in [-0.2, 0) is 9.53 Å². The Morgan fingerprint density at radius 2 is 2.30 bits per heavy atom. The van der Waals surface area contributed by atoms with Crippen molar-refractivity contribution in [2.24, 2.45) is 11.8 Å².